The van der Waals surface area contributed by atoms with Crippen molar-refractivity contribution in [2.45, 2.75) is 77.2 Å². The summed E-state index contributed by atoms with van der Waals surface area (Å²) in [6.45, 7) is 5.20. The van der Waals surface area contributed by atoms with Crippen LogP contribution in [-0.4, -0.2) is 17.8 Å². The van der Waals surface area contributed by atoms with E-state index in [-0.39, 0.29) is 5.54 Å². The molecule has 2 heteroatoms. The zero-order valence-electron chi connectivity index (χ0n) is 14.4. The molecule has 2 N–H and O–H groups in total. The summed E-state index contributed by atoms with van der Waals surface area (Å²) in [5.74, 6) is 0. The molecule has 2 rings (SSSR count). The van der Waals surface area contributed by atoms with Crippen LogP contribution in [0.2, 0.25) is 0 Å². The van der Waals surface area contributed by atoms with Crippen molar-refractivity contribution in [3.8, 4) is 0 Å². The number of rotatable bonds is 9. The lowest BCUT2D eigenvalue weighted by atomic mass is 9.91. The van der Waals surface area contributed by atoms with Crippen LogP contribution in [0, 0.1) is 0 Å². The molecule has 0 fully saturated rings. The number of aliphatic imine (C=N–C) groups is 1. The molecule has 122 valence electrons. The molecule has 1 aliphatic heterocycles. The summed E-state index contributed by atoms with van der Waals surface area (Å²) in [5, 5.41) is 0. The summed E-state index contributed by atoms with van der Waals surface area (Å²) in [4.78, 5) is 4.66. The maximum absolute atomic E-state index is 6.32. The van der Waals surface area contributed by atoms with Gasteiger partial charge in [0.15, 0.2) is 0 Å². The third-order valence-electron chi connectivity index (χ3n) is 4.91. The van der Waals surface area contributed by atoms with Crippen LogP contribution in [0.25, 0.3) is 0 Å². The number of nitrogens with two attached hydrogens (primary N) is 1. The lowest BCUT2D eigenvalue weighted by Gasteiger charge is -2.19. The second kappa shape index (κ2) is 8.47. The minimum absolute atomic E-state index is 0.105. The highest BCUT2D eigenvalue weighted by Crippen LogP contribution is 2.23. The van der Waals surface area contributed by atoms with Crippen molar-refractivity contribution < 1.29 is 0 Å². The molecule has 0 bridgehead atoms. The van der Waals surface area contributed by atoms with Crippen LogP contribution in [-0.2, 0) is 6.42 Å². The SMILES string of the molecule is CCCCCCCCc1ccc(C2=NCC(N)(CC)C2)cc1. The molecular weight excluding hydrogens is 268 g/mol. The molecule has 1 aliphatic rings. The van der Waals surface area contributed by atoms with Crippen LogP contribution in [0.15, 0.2) is 29.3 Å². The Morgan fingerprint density at radius 3 is 2.32 bits per heavy atom. The number of unbranched alkanes of at least 4 members (excludes halogenated alkanes) is 5. The molecule has 2 nitrogen and oxygen atoms in total. The lowest BCUT2D eigenvalue weighted by Crippen LogP contribution is -2.40. The molecule has 1 heterocycles. The zero-order valence-corrected chi connectivity index (χ0v) is 14.4. The van der Waals surface area contributed by atoms with Gasteiger partial charge in [-0.3, -0.25) is 4.99 Å². The fraction of sp³-hybridized carbons (Fsp3) is 0.650. The number of nitrogens with zero attached hydrogens (tertiary/aromatic N) is 1. The van der Waals surface area contributed by atoms with Gasteiger partial charge in [-0.1, -0.05) is 70.2 Å². The number of hydrogen-bond acceptors (Lipinski definition) is 2. The summed E-state index contributed by atoms with van der Waals surface area (Å²) >= 11 is 0. The van der Waals surface area contributed by atoms with Crippen LogP contribution in [0.1, 0.15) is 76.3 Å². The van der Waals surface area contributed by atoms with Crippen LogP contribution >= 0.6 is 0 Å². The molecule has 0 aromatic heterocycles. The standard InChI is InChI=1S/C20H32N2/c1-3-5-6-7-8-9-10-17-11-13-18(14-12-17)19-15-20(21,4-2)16-22-19/h11-14H,3-10,15-16,21H2,1-2H3. The first-order chi connectivity index (χ1) is 10.7. The second-order valence-corrected chi connectivity index (χ2v) is 6.87. The van der Waals surface area contributed by atoms with Crippen molar-refractivity contribution in [2.24, 2.45) is 10.7 Å². The first-order valence-electron chi connectivity index (χ1n) is 9.08. The van der Waals surface area contributed by atoms with Crippen molar-refractivity contribution in [3.05, 3.63) is 35.4 Å². The van der Waals surface area contributed by atoms with E-state index in [1.165, 1.54) is 61.8 Å². The van der Waals surface area contributed by atoms with Gasteiger partial charge in [-0.15, -0.1) is 0 Å². The minimum Gasteiger partial charge on any atom is -0.323 e. The maximum atomic E-state index is 6.32. The van der Waals surface area contributed by atoms with Gasteiger partial charge in [-0.2, -0.15) is 0 Å². The van der Waals surface area contributed by atoms with Gasteiger partial charge in [0, 0.05) is 17.7 Å². The Labute approximate surface area is 136 Å². The Kier molecular flexibility index (Phi) is 6.63. The minimum atomic E-state index is -0.105. The number of hydrogen-bond donors (Lipinski definition) is 1. The van der Waals surface area contributed by atoms with Gasteiger partial charge in [0.2, 0.25) is 0 Å². The van der Waals surface area contributed by atoms with E-state index >= 15 is 0 Å². The normalized spacial score (nSPS) is 21.1. The highest BCUT2D eigenvalue weighted by atomic mass is 14.9. The van der Waals surface area contributed by atoms with Crippen molar-refractivity contribution in [1.29, 1.82) is 0 Å². The molecule has 1 atom stereocenters. The number of aryl methyl sites for hydroxylation is 1. The maximum Gasteiger partial charge on any atom is 0.0576 e. The van der Waals surface area contributed by atoms with Gasteiger partial charge >= 0.3 is 0 Å². The molecule has 1 unspecified atom stereocenters. The lowest BCUT2D eigenvalue weighted by molar-refractivity contribution is 0.460. The molecule has 1 aromatic rings. The fourth-order valence-corrected chi connectivity index (χ4v) is 3.10. The van der Waals surface area contributed by atoms with E-state index in [4.69, 9.17) is 5.73 Å². The van der Waals surface area contributed by atoms with Gasteiger partial charge in [-0.25, -0.2) is 0 Å². The summed E-state index contributed by atoms with van der Waals surface area (Å²) in [6, 6.07) is 9.00. The summed E-state index contributed by atoms with van der Waals surface area (Å²) in [5.41, 5.74) is 10.1. The molecule has 0 saturated heterocycles. The average molecular weight is 300 g/mol. The van der Waals surface area contributed by atoms with Gasteiger partial charge in [0.25, 0.3) is 0 Å². The van der Waals surface area contributed by atoms with E-state index in [1.807, 2.05) is 0 Å². The quantitative estimate of drug-likeness (QED) is 0.648. The van der Waals surface area contributed by atoms with Crippen molar-refractivity contribution in [3.63, 3.8) is 0 Å². The Morgan fingerprint density at radius 2 is 1.68 bits per heavy atom. The fourth-order valence-electron chi connectivity index (χ4n) is 3.10. The molecule has 0 spiro atoms. The predicted octanol–water partition coefficient (Wildman–Crippen LogP) is 4.89. The molecule has 0 aliphatic carbocycles. The third kappa shape index (κ3) is 4.95. The molecule has 0 saturated carbocycles. The Balaban J connectivity index is 1.76. The first kappa shape index (κ1) is 17.2. The topological polar surface area (TPSA) is 38.4 Å². The van der Waals surface area contributed by atoms with E-state index in [0.717, 1.165) is 19.4 Å². The van der Waals surface area contributed by atoms with E-state index < -0.39 is 0 Å². The second-order valence-electron chi connectivity index (χ2n) is 6.87. The van der Waals surface area contributed by atoms with Crippen molar-refractivity contribution in [1.82, 2.24) is 0 Å². The summed E-state index contributed by atoms with van der Waals surface area (Å²) in [7, 11) is 0. The molecular formula is C20H32N2. The summed E-state index contributed by atoms with van der Waals surface area (Å²) in [6.07, 6.45) is 11.3. The van der Waals surface area contributed by atoms with E-state index in [1.54, 1.807) is 0 Å². The van der Waals surface area contributed by atoms with Gasteiger partial charge in [0.05, 0.1) is 6.54 Å². The van der Waals surface area contributed by atoms with E-state index in [0.29, 0.717) is 0 Å². The molecule has 0 radical (unpaired) electrons. The average Bonchev–Trinajstić information content (AvgIpc) is 2.94. The number of benzene rings is 1. The highest BCUT2D eigenvalue weighted by molar-refractivity contribution is 6.02. The van der Waals surface area contributed by atoms with Crippen molar-refractivity contribution in [2.75, 3.05) is 6.54 Å². The van der Waals surface area contributed by atoms with Crippen LogP contribution in [0.5, 0.6) is 0 Å². The summed E-state index contributed by atoms with van der Waals surface area (Å²) < 4.78 is 0. The van der Waals surface area contributed by atoms with Gasteiger partial charge in [0.1, 0.15) is 0 Å². The largest absolute Gasteiger partial charge is 0.323 e. The smallest absolute Gasteiger partial charge is 0.0576 e. The Hall–Kier alpha value is -1.15. The third-order valence-corrected chi connectivity index (χ3v) is 4.91. The predicted molar refractivity (Wildman–Crippen MR) is 96.8 cm³/mol. The van der Waals surface area contributed by atoms with Crippen LogP contribution in [0.4, 0.5) is 0 Å². The molecule has 1 aromatic carbocycles. The Morgan fingerprint density at radius 1 is 1.00 bits per heavy atom. The van der Waals surface area contributed by atoms with Crippen molar-refractivity contribution >= 4 is 5.71 Å². The monoisotopic (exact) mass is 300 g/mol. The first-order valence-corrected chi connectivity index (χ1v) is 9.08. The highest BCUT2D eigenvalue weighted by Gasteiger charge is 2.30. The Bertz CT molecular complexity index is 475. The van der Waals surface area contributed by atoms with E-state index in [2.05, 4.69) is 43.1 Å². The molecule has 22 heavy (non-hydrogen) atoms. The van der Waals surface area contributed by atoms with Gasteiger partial charge in [-0.05, 0) is 30.4 Å². The zero-order chi connectivity index (χ0) is 15.8. The van der Waals surface area contributed by atoms with E-state index in [9.17, 15) is 0 Å². The van der Waals surface area contributed by atoms with Gasteiger partial charge < -0.3 is 5.73 Å². The molecule has 0 amide bonds. The van der Waals surface area contributed by atoms with Crippen LogP contribution in [0.3, 0.4) is 0 Å². The van der Waals surface area contributed by atoms with Crippen LogP contribution < -0.4 is 5.73 Å².